The summed E-state index contributed by atoms with van der Waals surface area (Å²) in [6, 6.07) is 8.19. The van der Waals surface area contributed by atoms with E-state index in [4.69, 9.17) is 9.84 Å². The molecule has 0 aliphatic carbocycles. The van der Waals surface area contributed by atoms with Gasteiger partial charge in [0.25, 0.3) is 0 Å². The summed E-state index contributed by atoms with van der Waals surface area (Å²) in [5.41, 5.74) is 2.28. The van der Waals surface area contributed by atoms with Crippen LogP contribution in [-0.4, -0.2) is 25.4 Å². The van der Waals surface area contributed by atoms with Crippen molar-refractivity contribution < 1.29 is 9.84 Å². The predicted molar refractivity (Wildman–Crippen MR) is 62.0 cm³/mol. The summed E-state index contributed by atoms with van der Waals surface area (Å²) in [4.78, 5) is 0. The molecular formula is C12H19NO2. The molecule has 0 unspecified atom stereocenters. The lowest BCUT2D eigenvalue weighted by Gasteiger charge is -2.07. The smallest absolute Gasteiger partial charge is 0.0713 e. The van der Waals surface area contributed by atoms with Crippen LogP contribution in [0.1, 0.15) is 18.4 Å². The van der Waals surface area contributed by atoms with Crippen molar-refractivity contribution in [1.82, 2.24) is 0 Å². The summed E-state index contributed by atoms with van der Waals surface area (Å²) in [5, 5.41) is 11.9. The molecule has 0 heterocycles. The van der Waals surface area contributed by atoms with Gasteiger partial charge in [0, 0.05) is 25.9 Å². The Hall–Kier alpha value is -1.06. The SMILES string of the molecule is COCc1cccc(NCCCCO)c1. The maximum absolute atomic E-state index is 8.63. The molecule has 0 amide bonds. The molecule has 0 fully saturated rings. The first-order chi connectivity index (χ1) is 7.36. The van der Waals surface area contributed by atoms with Crippen LogP contribution >= 0.6 is 0 Å². The summed E-state index contributed by atoms with van der Waals surface area (Å²) < 4.78 is 5.07. The molecule has 2 N–H and O–H groups in total. The molecule has 84 valence electrons. The lowest BCUT2D eigenvalue weighted by atomic mass is 10.2. The van der Waals surface area contributed by atoms with Gasteiger partial charge < -0.3 is 15.2 Å². The van der Waals surface area contributed by atoms with Crippen molar-refractivity contribution in [1.29, 1.82) is 0 Å². The van der Waals surface area contributed by atoms with Crippen LogP contribution in [0.25, 0.3) is 0 Å². The molecule has 3 nitrogen and oxygen atoms in total. The number of anilines is 1. The van der Waals surface area contributed by atoms with Crippen LogP contribution in [0.4, 0.5) is 5.69 Å². The fourth-order valence-corrected chi connectivity index (χ4v) is 1.41. The first kappa shape index (κ1) is 12.0. The van der Waals surface area contributed by atoms with Gasteiger partial charge in [-0.2, -0.15) is 0 Å². The van der Waals surface area contributed by atoms with Gasteiger partial charge in [0.05, 0.1) is 6.61 Å². The van der Waals surface area contributed by atoms with Crippen LogP contribution in [0.3, 0.4) is 0 Å². The number of nitrogens with one attached hydrogen (secondary N) is 1. The van der Waals surface area contributed by atoms with Crippen molar-refractivity contribution in [3.63, 3.8) is 0 Å². The third-order valence-electron chi connectivity index (χ3n) is 2.15. The van der Waals surface area contributed by atoms with Crippen molar-refractivity contribution in [3.8, 4) is 0 Å². The molecule has 0 aliphatic rings. The van der Waals surface area contributed by atoms with Gasteiger partial charge in [-0.05, 0) is 30.5 Å². The van der Waals surface area contributed by atoms with Crippen molar-refractivity contribution in [3.05, 3.63) is 29.8 Å². The second-order valence-electron chi connectivity index (χ2n) is 3.49. The first-order valence-corrected chi connectivity index (χ1v) is 5.29. The molecule has 15 heavy (non-hydrogen) atoms. The minimum absolute atomic E-state index is 0.269. The van der Waals surface area contributed by atoms with Crippen LogP contribution in [0, 0.1) is 0 Å². The second kappa shape index (κ2) is 7.26. The number of hydrogen-bond donors (Lipinski definition) is 2. The Morgan fingerprint density at radius 3 is 2.93 bits per heavy atom. The molecule has 1 aromatic carbocycles. The zero-order valence-electron chi connectivity index (χ0n) is 9.20. The lowest BCUT2D eigenvalue weighted by Crippen LogP contribution is -2.02. The molecule has 0 spiro atoms. The zero-order chi connectivity index (χ0) is 10.9. The Morgan fingerprint density at radius 2 is 2.20 bits per heavy atom. The molecular weight excluding hydrogens is 190 g/mol. The van der Waals surface area contributed by atoms with Crippen molar-refractivity contribution in [2.24, 2.45) is 0 Å². The Labute approximate surface area is 91.1 Å². The number of ether oxygens (including phenoxy) is 1. The minimum atomic E-state index is 0.269. The van der Waals surface area contributed by atoms with Gasteiger partial charge in [-0.3, -0.25) is 0 Å². The van der Waals surface area contributed by atoms with Crippen LogP contribution in [0.5, 0.6) is 0 Å². The summed E-state index contributed by atoms with van der Waals surface area (Å²) in [5.74, 6) is 0. The molecule has 0 radical (unpaired) electrons. The summed E-state index contributed by atoms with van der Waals surface area (Å²) in [6.45, 7) is 1.81. The van der Waals surface area contributed by atoms with Gasteiger partial charge in [-0.1, -0.05) is 12.1 Å². The molecule has 0 aliphatic heterocycles. The van der Waals surface area contributed by atoms with Gasteiger partial charge in [0.15, 0.2) is 0 Å². The van der Waals surface area contributed by atoms with E-state index in [1.165, 1.54) is 5.56 Å². The highest BCUT2D eigenvalue weighted by Gasteiger charge is 1.94. The van der Waals surface area contributed by atoms with Crippen molar-refractivity contribution in [2.45, 2.75) is 19.4 Å². The summed E-state index contributed by atoms with van der Waals surface area (Å²) in [6.07, 6.45) is 1.84. The number of methoxy groups -OCH3 is 1. The van der Waals surface area contributed by atoms with Crippen LogP contribution in [0.15, 0.2) is 24.3 Å². The first-order valence-electron chi connectivity index (χ1n) is 5.29. The Balaban J connectivity index is 2.36. The number of aliphatic hydroxyl groups is 1. The quantitative estimate of drug-likeness (QED) is 0.675. The normalized spacial score (nSPS) is 10.3. The Bertz CT molecular complexity index is 276. The molecule has 1 rings (SSSR count). The summed E-state index contributed by atoms with van der Waals surface area (Å²) in [7, 11) is 1.70. The highest BCUT2D eigenvalue weighted by Crippen LogP contribution is 2.11. The predicted octanol–water partition coefficient (Wildman–Crippen LogP) is 2.02. The second-order valence-corrected chi connectivity index (χ2v) is 3.49. The standard InChI is InChI=1S/C12H19NO2/c1-15-10-11-5-4-6-12(9-11)13-7-2-3-8-14/h4-6,9,13-14H,2-3,7-8,10H2,1H3. The lowest BCUT2D eigenvalue weighted by molar-refractivity contribution is 0.185. The zero-order valence-corrected chi connectivity index (χ0v) is 9.20. The number of unbranched alkanes of at least 4 members (excludes halogenated alkanes) is 1. The van der Waals surface area contributed by atoms with Gasteiger partial charge in [0.2, 0.25) is 0 Å². The van der Waals surface area contributed by atoms with E-state index in [0.717, 1.165) is 25.1 Å². The monoisotopic (exact) mass is 209 g/mol. The third kappa shape index (κ3) is 4.81. The van der Waals surface area contributed by atoms with Crippen LogP contribution < -0.4 is 5.32 Å². The average molecular weight is 209 g/mol. The van der Waals surface area contributed by atoms with Gasteiger partial charge in [0.1, 0.15) is 0 Å². The van der Waals surface area contributed by atoms with E-state index in [1.54, 1.807) is 7.11 Å². The number of hydrogen-bond acceptors (Lipinski definition) is 3. The maximum atomic E-state index is 8.63. The van der Waals surface area contributed by atoms with E-state index in [9.17, 15) is 0 Å². The highest BCUT2D eigenvalue weighted by molar-refractivity contribution is 5.45. The average Bonchev–Trinajstić information content (AvgIpc) is 2.26. The van der Waals surface area contributed by atoms with E-state index < -0.39 is 0 Å². The van der Waals surface area contributed by atoms with E-state index >= 15 is 0 Å². The topological polar surface area (TPSA) is 41.5 Å². The van der Waals surface area contributed by atoms with Crippen molar-refractivity contribution >= 4 is 5.69 Å². The largest absolute Gasteiger partial charge is 0.396 e. The molecule has 0 saturated heterocycles. The molecule has 3 heteroatoms. The Morgan fingerprint density at radius 1 is 1.33 bits per heavy atom. The van der Waals surface area contributed by atoms with Gasteiger partial charge in [-0.15, -0.1) is 0 Å². The van der Waals surface area contributed by atoms with E-state index in [1.807, 2.05) is 18.2 Å². The van der Waals surface area contributed by atoms with Crippen molar-refractivity contribution in [2.75, 3.05) is 25.6 Å². The fraction of sp³-hybridized carbons (Fsp3) is 0.500. The van der Waals surface area contributed by atoms with Crippen LogP contribution in [-0.2, 0) is 11.3 Å². The molecule has 0 atom stereocenters. The maximum Gasteiger partial charge on any atom is 0.0713 e. The number of benzene rings is 1. The molecule has 1 aromatic rings. The summed E-state index contributed by atoms with van der Waals surface area (Å²) >= 11 is 0. The Kier molecular flexibility index (Phi) is 5.81. The van der Waals surface area contributed by atoms with Gasteiger partial charge >= 0.3 is 0 Å². The fourth-order valence-electron chi connectivity index (χ4n) is 1.41. The number of aliphatic hydroxyl groups excluding tert-OH is 1. The highest BCUT2D eigenvalue weighted by atomic mass is 16.5. The molecule has 0 aromatic heterocycles. The van der Waals surface area contributed by atoms with E-state index in [2.05, 4.69) is 11.4 Å². The minimum Gasteiger partial charge on any atom is -0.396 e. The van der Waals surface area contributed by atoms with E-state index in [-0.39, 0.29) is 6.61 Å². The molecule has 0 saturated carbocycles. The van der Waals surface area contributed by atoms with Crippen LogP contribution in [0.2, 0.25) is 0 Å². The van der Waals surface area contributed by atoms with E-state index in [0.29, 0.717) is 6.61 Å². The number of rotatable bonds is 7. The van der Waals surface area contributed by atoms with Gasteiger partial charge in [-0.25, -0.2) is 0 Å². The third-order valence-corrected chi connectivity index (χ3v) is 2.15. The molecule has 0 bridgehead atoms.